The zero-order valence-corrected chi connectivity index (χ0v) is 12.2. The lowest BCUT2D eigenvalue weighted by Crippen LogP contribution is -2.17. The largest absolute Gasteiger partial charge is 0.481 e. The van der Waals surface area contributed by atoms with Crippen LogP contribution < -0.4 is 4.72 Å². The van der Waals surface area contributed by atoms with Crippen molar-refractivity contribution >= 4 is 21.7 Å². The van der Waals surface area contributed by atoms with Crippen molar-refractivity contribution in [2.24, 2.45) is 5.92 Å². The van der Waals surface area contributed by atoms with Gasteiger partial charge in [-0.15, -0.1) is 0 Å². The lowest BCUT2D eigenvalue weighted by molar-refractivity contribution is -0.137. The van der Waals surface area contributed by atoms with Crippen LogP contribution in [0, 0.1) is 5.92 Å². The molecule has 1 fully saturated rings. The van der Waals surface area contributed by atoms with Gasteiger partial charge in [0.1, 0.15) is 0 Å². The number of rotatable bonds is 7. The number of sulfonamides is 1. The highest BCUT2D eigenvalue weighted by Crippen LogP contribution is 2.30. The zero-order chi connectivity index (χ0) is 14.8. The summed E-state index contributed by atoms with van der Waals surface area (Å²) in [5, 5.41) is 8.75. The molecular weight excluding hydrogens is 278 g/mol. The Hall–Kier alpha value is -1.56. The molecule has 0 radical (unpaired) electrons. The van der Waals surface area contributed by atoms with Gasteiger partial charge in [-0.05, 0) is 42.4 Å². The summed E-state index contributed by atoms with van der Waals surface area (Å²) in [5.41, 5.74) is 1.41. The van der Waals surface area contributed by atoms with Gasteiger partial charge in [0.25, 0.3) is 0 Å². The Morgan fingerprint density at radius 3 is 2.45 bits per heavy atom. The Labute approximate surface area is 119 Å². The second-order valence-electron chi connectivity index (χ2n) is 5.45. The van der Waals surface area contributed by atoms with E-state index in [4.69, 9.17) is 5.11 Å². The van der Waals surface area contributed by atoms with Gasteiger partial charge in [0, 0.05) is 5.69 Å². The average molecular weight is 297 g/mol. The quantitative estimate of drug-likeness (QED) is 0.809. The molecular formula is C14H19NO4S. The highest BCUT2D eigenvalue weighted by Gasteiger charge is 2.27. The molecule has 1 aliphatic rings. The third kappa shape index (κ3) is 4.52. The number of carboxylic acids is 1. The molecule has 2 N–H and O–H groups in total. The van der Waals surface area contributed by atoms with Gasteiger partial charge in [-0.1, -0.05) is 19.1 Å². The van der Waals surface area contributed by atoms with Crippen molar-refractivity contribution in [3.63, 3.8) is 0 Å². The zero-order valence-electron chi connectivity index (χ0n) is 11.4. The first kappa shape index (κ1) is 14.8. The number of nitrogens with one attached hydrogen (secondary N) is 1. The summed E-state index contributed by atoms with van der Waals surface area (Å²) >= 11 is 0. The Kier molecular flexibility index (Phi) is 4.32. The smallest absolute Gasteiger partial charge is 0.303 e. The van der Waals surface area contributed by atoms with E-state index >= 15 is 0 Å². The number of carboxylic acid groups (broad SMARTS) is 1. The second kappa shape index (κ2) is 5.83. The normalized spacial score (nSPS) is 16.6. The van der Waals surface area contributed by atoms with Crippen molar-refractivity contribution in [3.8, 4) is 0 Å². The van der Waals surface area contributed by atoms with Gasteiger partial charge >= 0.3 is 5.97 Å². The van der Waals surface area contributed by atoms with Gasteiger partial charge in [0.05, 0.1) is 12.2 Å². The van der Waals surface area contributed by atoms with E-state index in [0.717, 1.165) is 18.4 Å². The Balaban J connectivity index is 1.98. The molecule has 0 bridgehead atoms. The van der Waals surface area contributed by atoms with Gasteiger partial charge in [0.15, 0.2) is 0 Å². The second-order valence-corrected chi connectivity index (χ2v) is 7.21. The number of aliphatic carboxylic acids is 1. The number of hydrogen-bond donors (Lipinski definition) is 2. The van der Waals surface area contributed by atoms with E-state index in [1.54, 1.807) is 24.3 Å². The maximum atomic E-state index is 11.8. The van der Waals surface area contributed by atoms with Gasteiger partial charge in [-0.3, -0.25) is 9.52 Å². The van der Waals surface area contributed by atoms with E-state index < -0.39 is 16.0 Å². The van der Waals surface area contributed by atoms with Crippen molar-refractivity contribution in [2.45, 2.75) is 32.1 Å². The predicted octanol–water partition coefficient (Wildman–Crippen LogP) is 2.42. The van der Waals surface area contributed by atoms with Crippen molar-refractivity contribution in [1.82, 2.24) is 0 Å². The summed E-state index contributed by atoms with van der Waals surface area (Å²) in [5.74, 6) is -0.442. The van der Waals surface area contributed by atoms with Crippen molar-refractivity contribution in [2.75, 3.05) is 10.5 Å². The van der Waals surface area contributed by atoms with Gasteiger partial charge in [-0.2, -0.15) is 0 Å². The maximum absolute atomic E-state index is 11.8. The summed E-state index contributed by atoms with van der Waals surface area (Å²) in [6.45, 7) is 1.83. The van der Waals surface area contributed by atoms with Crippen LogP contribution >= 0.6 is 0 Å². The van der Waals surface area contributed by atoms with Crippen molar-refractivity contribution in [3.05, 3.63) is 29.8 Å². The van der Waals surface area contributed by atoms with Crippen LogP contribution in [0.25, 0.3) is 0 Å². The van der Waals surface area contributed by atoms with Crippen LogP contribution in [0.4, 0.5) is 5.69 Å². The molecule has 1 aromatic carbocycles. The lowest BCUT2D eigenvalue weighted by Gasteiger charge is -2.11. The van der Waals surface area contributed by atoms with Crippen LogP contribution in [-0.4, -0.2) is 25.2 Å². The Bertz CT molecular complexity index is 576. The molecule has 1 unspecified atom stereocenters. The molecule has 0 saturated heterocycles. The molecule has 6 heteroatoms. The number of benzene rings is 1. The Morgan fingerprint density at radius 2 is 1.95 bits per heavy atom. The SMILES string of the molecule is CC(CC(=O)O)c1ccc(NS(=O)(=O)CC2CC2)cc1. The molecule has 1 saturated carbocycles. The summed E-state index contributed by atoms with van der Waals surface area (Å²) in [6, 6.07) is 6.89. The molecule has 0 heterocycles. The van der Waals surface area contributed by atoms with E-state index in [1.807, 2.05) is 6.92 Å². The van der Waals surface area contributed by atoms with Crippen LogP contribution in [-0.2, 0) is 14.8 Å². The number of anilines is 1. The first-order chi connectivity index (χ1) is 9.35. The standard InChI is InChI=1S/C14H19NO4S/c1-10(8-14(16)17)12-4-6-13(7-5-12)15-20(18,19)9-11-2-3-11/h4-7,10-11,15H,2-3,8-9H2,1H3,(H,16,17). The number of carbonyl (C=O) groups is 1. The molecule has 5 nitrogen and oxygen atoms in total. The average Bonchev–Trinajstić information content (AvgIpc) is 3.11. The minimum absolute atomic E-state index is 0.0623. The first-order valence-corrected chi connectivity index (χ1v) is 8.33. The van der Waals surface area contributed by atoms with Gasteiger partial charge < -0.3 is 5.11 Å². The predicted molar refractivity (Wildman–Crippen MR) is 77.2 cm³/mol. The highest BCUT2D eigenvalue weighted by atomic mass is 32.2. The van der Waals surface area contributed by atoms with E-state index in [2.05, 4.69) is 4.72 Å². The fourth-order valence-electron chi connectivity index (χ4n) is 2.08. The molecule has 1 aromatic rings. The minimum Gasteiger partial charge on any atom is -0.481 e. The van der Waals surface area contributed by atoms with Crippen LogP contribution in [0.3, 0.4) is 0 Å². The summed E-state index contributed by atoms with van der Waals surface area (Å²) < 4.78 is 26.2. The molecule has 110 valence electrons. The summed E-state index contributed by atoms with van der Waals surface area (Å²) in [7, 11) is -3.27. The molecule has 20 heavy (non-hydrogen) atoms. The first-order valence-electron chi connectivity index (χ1n) is 6.68. The Morgan fingerprint density at radius 1 is 1.35 bits per heavy atom. The van der Waals surface area contributed by atoms with Crippen molar-refractivity contribution in [1.29, 1.82) is 0 Å². The van der Waals surface area contributed by atoms with E-state index in [-0.39, 0.29) is 18.1 Å². The van der Waals surface area contributed by atoms with Crippen LogP contribution in [0.15, 0.2) is 24.3 Å². The third-order valence-electron chi connectivity index (χ3n) is 3.39. The molecule has 1 atom stereocenters. The third-order valence-corrected chi connectivity index (χ3v) is 4.84. The fourth-order valence-corrected chi connectivity index (χ4v) is 3.61. The highest BCUT2D eigenvalue weighted by molar-refractivity contribution is 7.92. The van der Waals surface area contributed by atoms with Crippen LogP contribution in [0.1, 0.15) is 37.7 Å². The topological polar surface area (TPSA) is 83.5 Å². The summed E-state index contributed by atoms with van der Waals surface area (Å²) in [4.78, 5) is 10.7. The molecule has 1 aliphatic carbocycles. The minimum atomic E-state index is -3.27. The van der Waals surface area contributed by atoms with E-state index in [0.29, 0.717) is 11.6 Å². The van der Waals surface area contributed by atoms with Crippen LogP contribution in [0.2, 0.25) is 0 Å². The lowest BCUT2D eigenvalue weighted by atomic mass is 9.98. The summed E-state index contributed by atoms with van der Waals surface area (Å²) in [6.07, 6.45) is 2.05. The van der Waals surface area contributed by atoms with Crippen LogP contribution in [0.5, 0.6) is 0 Å². The number of hydrogen-bond acceptors (Lipinski definition) is 3. The maximum Gasteiger partial charge on any atom is 0.303 e. The molecule has 0 aliphatic heterocycles. The van der Waals surface area contributed by atoms with Gasteiger partial charge in [-0.25, -0.2) is 8.42 Å². The van der Waals surface area contributed by atoms with E-state index in [1.165, 1.54) is 0 Å². The molecule has 0 spiro atoms. The van der Waals surface area contributed by atoms with Gasteiger partial charge in [0.2, 0.25) is 10.0 Å². The van der Waals surface area contributed by atoms with Crippen molar-refractivity contribution < 1.29 is 18.3 Å². The molecule has 0 amide bonds. The molecule has 2 rings (SSSR count). The monoisotopic (exact) mass is 297 g/mol. The van der Waals surface area contributed by atoms with E-state index in [9.17, 15) is 13.2 Å². The molecule has 0 aromatic heterocycles. The fraction of sp³-hybridized carbons (Fsp3) is 0.500.